The van der Waals surface area contributed by atoms with E-state index in [9.17, 15) is 9.59 Å². The highest BCUT2D eigenvalue weighted by atomic mass is 79.9. The molecule has 4 rings (SSSR count). The Bertz CT molecular complexity index is 806. The number of benzene rings is 2. The van der Waals surface area contributed by atoms with E-state index >= 15 is 0 Å². The summed E-state index contributed by atoms with van der Waals surface area (Å²) < 4.78 is 1.33. The van der Waals surface area contributed by atoms with Gasteiger partial charge in [-0.15, -0.1) is 0 Å². The highest BCUT2D eigenvalue weighted by Gasteiger charge is 2.43. The fourth-order valence-corrected chi connectivity index (χ4v) is 4.58. The molecule has 0 unspecified atom stereocenters. The molecule has 0 N–H and O–H groups in total. The van der Waals surface area contributed by atoms with E-state index < -0.39 is 0 Å². The van der Waals surface area contributed by atoms with Crippen molar-refractivity contribution in [3.05, 3.63) is 67.6 Å². The molecule has 116 valence electrons. The van der Waals surface area contributed by atoms with Crippen molar-refractivity contribution < 1.29 is 9.59 Å². The third-order valence-electron chi connectivity index (χ3n) is 4.62. The molecule has 1 heterocycles. The molecule has 0 aromatic heterocycles. The van der Waals surface area contributed by atoms with Gasteiger partial charge in [0.05, 0.1) is 17.2 Å². The number of aryl methyl sites for hydroxylation is 1. The molecule has 5 heteroatoms. The standard InChI is InChI=1S/C18H13Br2NO2/c19-12-8-9-13(20)16-15(12)17(22)21(18(16)23)14-7-3-5-10-4-1-2-6-11(10)14/h1-2,4,6,8-9,14H,3,5,7H2/t14-/m1/s1. The van der Waals surface area contributed by atoms with Crippen LogP contribution in [0.5, 0.6) is 0 Å². The number of imide groups is 1. The lowest BCUT2D eigenvalue weighted by atomic mass is 9.87. The molecule has 2 aromatic rings. The molecule has 0 bridgehead atoms. The van der Waals surface area contributed by atoms with Crippen LogP contribution in [0, 0.1) is 0 Å². The summed E-state index contributed by atoms with van der Waals surface area (Å²) in [6, 6.07) is 11.5. The first-order valence-electron chi connectivity index (χ1n) is 7.53. The summed E-state index contributed by atoms with van der Waals surface area (Å²) in [5, 5.41) is 0. The molecule has 23 heavy (non-hydrogen) atoms. The Hall–Kier alpha value is -1.46. The van der Waals surface area contributed by atoms with Crippen LogP contribution in [0.1, 0.15) is 50.7 Å². The molecule has 2 aliphatic rings. The number of fused-ring (bicyclic) bond motifs is 2. The van der Waals surface area contributed by atoms with E-state index in [0.717, 1.165) is 24.8 Å². The maximum absolute atomic E-state index is 12.9. The highest BCUT2D eigenvalue weighted by molar-refractivity contribution is 9.11. The molecule has 0 radical (unpaired) electrons. The molecule has 0 spiro atoms. The lowest BCUT2D eigenvalue weighted by Crippen LogP contribution is -2.36. The summed E-state index contributed by atoms with van der Waals surface area (Å²) >= 11 is 6.82. The van der Waals surface area contributed by atoms with E-state index in [-0.39, 0.29) is 17.9 Å². The van der Waals surface area contributed by atoms with Crippen LogP contribution < -0.4 is 0 Å². The minimum atomic E-state index is -0.208. The van der Waals surface area contributed by atoms with E-state index in [2.05, 4.69) is 37.9 Å². The van der Waals surface area contributed by atoms with E-state index in [4.69, 9.17) is 0 Å². The summed E-state index contributed by atoms with van der Waals surface area (Å²) in [4.78, 5) is 27.3. The molecule has 0 fully saturated rings. The van der Waals surface area contributed by atoms with Crippen molar-refractivity contribution in [2.45, 2.75) is 25.3 Å². The lowest BCUT2D eigenvalue weighted by Gasteiger charge is -2.31. The van der Waals surface area contributed by atoms with E-state index in [1.807, 2.05) is 18.2 Å². The first-order chi connectivity index (χ1) is 11.1. The summed E-state index contributed by atoms with van der Waals surface area (Å²) in [6.45, 7) is 0. The van der Waals surface area contributed by atoms with Crippen LogP contribution in [0.25, 0.3) is 0 Å². The van der Waals surface area contributed by atoms with Crippen LogP contribution >= 0.6 is 31.9 Å². The summed E-state index contributed by atoms with van der Waals surface area (Å²) in [5.74, 6) is -0.417. The van der Waals surface area contributed by atoms with Crippen LogP contribution in [-0.2, 0) is 6.42 Å². The number of halogens is 2. The smallest absolute Gasteiger partial charge is 0.263 e. The molecule has 1 aliphatic heterocycles. The van der Waals surface area contributed by atoms with Gasteiger partial charge in [-0.3, -0.25) is 14.5 Å². The Morgan fingerprint density at radius 1 is 0.913 bits per heavy atom. The maximum Gasteiger partial charge on any atom is 0.263 e. The Morgan fingerprint density at radius 2 is 1.52 bits per heavy atom. The molecular weight excluding hydrogens is 422 g/mol. The third kappa shape index (κ3) is 2.21. The second kappa shape index (κ2) is 5.56. The zero-order valence-electron chi connectivity index (χ0n) is 12.2. The number of amides is 2. The molecule has 2 amide bonds. The third-order valence-corrected chi connectivity index (χ3v) is 5.94. The summed E-state index contributed by atoms with van der Waals surface area (Å²) in [6.07, 6.45) is 2.80. The van der Waals surface area contributed by atoms with Gasteiger partial charge < -0.3 is 0 Å². The summed E-state index contributed by atoms with van der Waals surface area (Å²) in [7, 11) is 0. The van der Waals surface area contributed by atoms with E-state index in [1.54, 1.807) is 12.1 Å². The van der Waals surface area contributed by atoms with Crippen molar-refractivity contribution in [1.82, 2.24) is 4.90 Å². The largest absolute Gasteiger partial charge is 0.268 e. The number of rotatable bonds is 1. The summed E-state index contributed by atoms with van der Waals surface area (Å²) in [5.41, 5.74) is 3.26. The predicted octanol–water partition coefficient (Wildman–Crippen LogP) is 4.89. The minimum absolute atomic E-state index is 0.175. The van der Waals surface area contributed by atoms with Crippen molar-refractivity contribution in [3.63, 3.8) is 0 Å². The van der Waals surface area contributed by atoms with Gasteiger partial charge in [-0.05, 0) is 74.4 Å². The van der Waals surface area contributed by atoms with Crippen LogP contribution in [0.4, 0.5) is 0 Å². The van der Waals surface area contributed by atoms with Crippen LogP contribution in [0.15, 0.2) is 45.3 Å². The van der Waals surface area contributed by atoms with Crippen LogP contribution in [0.2, 0.25) is 0 Å². The van der Waals surface area contributed by atoms with Crippen molar-refractivity contribution >= 4 is 43.7 Å². The molecule has 2 aromatic carbocycles. The number of hydrogen-bond donors (Lipinski definition) is 0. The molecule has 1 atom stereocenters. The Balaban J connectivity index is 1.84. The number of nitrogens with zero attached hydrogens (tertiary/aromatic N) is 1. The second-order valence-electron chi connectivity index (χ2n) is 5.87. The SMILES string of the molecule is O=C1c2c(Br)ccc(Br)c2C(=O)N1[C@@H]1CCCc2ccccc21. The second-order valence-corrected chi connectivity index (χ2v) is 7.58. The zero-order valence-corrected chi connectivity index (χ0v) is 15.4. The fraction of sp³-hybridized carbons (Fsp3) is 0.222. The fourth-order valence-electron chi connectivity index (χ4n) is 3.58. The van der Waals surface area contributed by atoms with Gasteiger partial charge in [0.15, 0.2) is 0 Å². The first kappa shape index (κ1) is 15.1. The van der Waals surface area contributed by atoms with E-state index in [1.165, 1.54) is 10.5 Å². The van der Waals surface area contributed by atoms with Gasteiger partial charge in [-0.25, -0.2) is 0 Å². The number of carbonyl (C=O) groups excluding carboxylic acids is 2. The molecule has 1 aliphatic carbocycles. The Labute approximate surface area is 150 Å². The topological polar surface area (TPSA) is 37.4 Å². The normalized spacial score (nSPS) is 19.7. The van der Waals surface area contributed by atoms with Gasteiger partial charge in [-0.2, -0.15) is 0 Å². The quantitative estimate of drug-likeness (QED) is 0.599. The van der Waals surface area contributed by atoms with Gasteiger partial charge in [0.2, 0.25) is 0 Å². The highest BCUT2D eigenvalue weighted by Crippen LogP contribution is 2.42. The first-order valence-corrected chi connectivity index (χ1v) is 9.12. The van der Waals surface area contributed by atoms with Gasteiger partial charge in [0.1, 0.15) is 0 Å². The molecule has 0 saturated heterocycles. The average Bonchev–Trinajstić information content (AvgIpc) is 2.83. The Kier molecular flexibility index (Phi) is 3.65. The van der Waals surface area contributed by atoms with Crippen molar-refractivity contribution in [3.8, 4) is 0 Å². The predicted molar refractivity (Wildman–Crippen MR) is 94.5 cm³/mol. The molecule has 3 nitrogen and oxygen atoms in total. The maximum atomic E-state index is 12.9. The van der Waals surface area contributed by atoms with Crippen molar-refractivity contribution in [2.24, 2.45) is 0 Å². The lowest BCUT2D eigenvalue weighted by molar-refractivity contribution is 0.0566. The zero-order chi connectivity index (χ0) is 16.1. The van der Waals surface area contributed by atoms with Gasteiger partial charge >= 0.3 is 0 Å². The van der Waals surface area contributed by atoms with Crippen LogP contribution in [0.3, 0.4) is 0 Å². The van der Waals surface area contributed by atoms with Crippen molar-refractivity contribution in [2.75, 3.05) is 0 Å². The van der Waals surface area contributed by atoms with Gasteiger partial charge in [-0.1, -0.05) is 24.3 Å². The Morgan fingerprint density at radius 3 is 2.17 bits per heavy atom. The van der Waals surface area contributed by atoms with Crippen molar-refractivity contribution in [1.29, 1.82) is 0 Å². The van der Waals surface area contributed by atoms with Gasteiger partial charge in [0.25, 0.3) is 11.8 Å². The van der Waals surface area contributed by atoms with Crippen LogP contribution in [-0.4, -0.2) is 16.7 Å². The molecular formula is C18H13Br2NO2. The number of carbonyl (C=O) groups is 2. The minimum Gasteiger partial charge on any atom is -0.268 e. The molecule has 0 saturated carbocycles. The van der Waals surface area contributed by atoms with E-state index in [0.29, 0.717) is 20.1 Å². The average molecular weight is 435 g/mol. The number of hydrogen-bond acceptors (Lipinski definition) is 2. The van der Waals surface area contributed by atoms with Gasteiger partial charge in [0, 0.05) is 8.95 Å². The monoisotopic (exact) mass is 433 g/mol.